The van der Waals surface area contributed by atoms with E-state index in [1.54, 1.807) is 39.0 Å². The van der Waals surface area contributed by atoms with Crippen LogP contribution >= 0.6 is 0 Å². The van der Waals surface area contributed by atoms with Crippen LogP contribution in [0.1, 0.15) is 53.0 Å². The Morgan fingerprint density at radius 3 is 2.65 bits per heavy atom. The lowest BCUT2D eigenvalue weighted by Crippen LogP contribution is -2.60. The molecule has 1 aromatic rings. The number of aromatic hydroxyl groups is 1. The number of benzene rings is 1. The highest BCUT2D eigenvalue weighted by Gasteiger charge is 2.44. The maximum atomic E-state index is 13.1. The first kappa shape index (κ1) is 31.0. The summed E-state index contributed by atoms with van der Waals surface area (Å²) in [5, 5.41) is 27.6. The number of allylic oxidation sites excluding steroid dienone is 3. The molecule has 2 heterocycles. The van der Waals surface area contributed by atoms with Gasteiger partial charge in [-0.25, -0.2) is 0 Å². The third-order valence-electron chi connectivity index (χ3n) is 7.02. The van der Waals surface area contributed by atoms with E-state index in [2.05, 4.69) is 17.2 Å². The standard InChI is InChI=1S/C31H42N2O7/c1-18(2)30(36)40-26-16-29(35)32-24-13-23(14-25(34)15-24)11-19(3)9-8-10-28(38-7)31(37)17-27(39-22(6)33-31)21(5)12-20(26)4/h8-10,12-15,18,21,26-28,33-34,37H,6,11,16-17H2,1-5,7H3,(H,32,35)/b10-8+,19-9+,20-12+. The Morgan fingerprint density at radius 2 is 1.98 bits per heavy atom. The fourth-order valence-corrected chi connectivity index (χ4v) is 4.90. The molecule has 5 atom stereocenters. The quantitative estimate of drug-likeness (QED) is 0.318. The number of phenolic OH excluding ortho intramolecular Hbond substituents is 1. The zero-order valence-corrected chi connectivity index (χ0v) is 24.2. The molecular weight excluding hydrogens is 512 g/mol. The number of rotatable bonds is 3. The Balaban J connectivity index is 2.05. The van der Waals surface area contributed by atoms with E-state index in [9.17, 15) is 19.8 Å². The van der Waals surface area contributed by atoms with Crippen molar-refractivity contribution in [2.75, 3.05) is 12.4 Å². The van der Waals surface area contributed by atoms with Gasteiger partial charge in [-0.3, -0.25) is 9.59 Å². The van der Waals surface area contributed by atoms with Crippen LogP contribution in [0, 0.1) is 11.8 Å². The molecule has 1 amide bonds. The summed E-state index contributed by atoms with van der Waals surface area (Å²) in [6.45, 7) is 13.0. The smallest absolute Gasteiger partial charge is 0.308 e. The van der Waals surface area contributed by atoms with Gasteiger partial charge in [-0.15, -0.1) is 0 Å². The minimum Gasteiger partial charge on any atom is -0.508 e. The Hall–Kier alpha value is -3.56. The van der Waals surface area contributed by atoms with Gasteiger partial charge in [0.2, 0.25) is 5.91 Å². The average molecular weight is 555 g/mol. The summed E-state index contributed by atoms with van der Waals surface area (Å²) in [5.41, 5.74) is 1.41. The summed E-state index contributed by atoms with van der Waals surface area (Å²) in [6, 6.07) is 4.91. The van der Waals surface area contributed by atoms with Crippen molar-refractivity contribution >= 4 is 17.6 Å². The van der Waals surface area contributed by atoms with Gasteiger partial charge >= 0.3 is 5.97 Å². The van der Waals surface area contributed by atoms with Crippen molar-refractivity contribution in [2.45, 2.75) is 77.9 Å². The first-order chi connectivity index (χ1) is 18.8. The number of aliphatic hydroxyl groups is 1. The summed E-state index contributed by atoms with van der Waals surface area (Å²) in [6.07, 6.45) is 5.95. The fourth-order valence-electron chi connectivity index (χ4n) is 4.90. The highest BCUT2D eigenvalue weighted by Crippen LogP contribution is 2.32. The molecule has 4 N–H and O–H groups in total. The van der Waals surface area contributed by atoms with Gasteiger partial charge in [0.15, 0.2) is 11.6 Å². The Bertz CT molecular complexity index is 1200. The van der Waals surface area contributed by atoms with E-state index in [-0.39, 0.29) is 42.2 Å². The van der Waals surface area contributed by atoms with E-state index in [4.69, 9.17) is 14.2 Å². The summed E-state index contributed by atoms with van der Waals surface area (Å²) >= 11 is 0. The third kappa shape index (κ3) is 8.22. The predicted molar refractivity (Wildman–Crippen MR) is 153 cm³/mol. The van der Waals surface area contributed by atoms with Crippen LogP contribution in [0.25, 0.3) is 0 Å². The molecule has 1 saturated heterocycles. The predicted octanol–water partition coefficient (Wildman–Crippen LogP) is 4.48. The molecule has 9 heteroatoms. The van der Waals surface area contributed by atoms with Crippen molar-refractivity contribution in [3.8, 4) is 5.75 Å². The lowest BCUT2D eigenvalue weighted by molar-refractivity contribution is -0.154. The number of hydrogen-bond acceptors (Lipinski definition) is 8. The van der Waals surface area contributed by atoms with Crippen LogP contribution in [-0.2, 0) is 30.2 Å². The van der Waals surface area contributed by atoms with Crippen molar-refractivity contribution < 1.29 is 34.0 Å². The van der Waals surface area contributed by atoms with Gasteiger partial charge in [0, 0.05) is 31.2 Å². The number of anilines is 1. The van der Waals surface area contributed by atoms with Gasteiger partial charge in [-0.1, -0.05) is 50.6 Å². The minimum absolute atomic E-state index is 0.0231. The van der Waals surface area contributed by atoms with Crippen molar-refractivity contribution in [3.63, 3.8) is 0 Å². The molecule has 1 fully saturated rings. The second-order valence-electron chi connectivity index (χ2n) is 11.1. The number of methoxy groups -OCH3 is 1. The number of hydrogen-bond donors (Lipinski definition) is 4. The SMILES string of the molecule is C=C1NC2(O)CC(O1)C(C)/C=C(\C)C(OC(=O)C(C)C)CC(=O)Nc1cc(O)cc(c1)C/C(C)=C/C=C/C2OC. The summed E-state index contributed by atoms with van der Waals surface area (Å²) in [4.78, 5) is 25.6. The Morgan fingerprint density at radius 1 is 1.25 bits per heavy atom. The van der Waals surface area contributed by atoms with E-state index in [0.717, 1.165) is 11.1 Å². The second-order valence-corrected chi connectivity index (χ2v) is 11.1. The van der Waals surface area contributed by atoms with Gasteiger partial charge < -0.3 is 35.1 Å². The van der Waals surface area contributed by atoms with Crippen molar-refractivity contribution in [1.82, 2.24) is 5.32 Å². The molecule has 9 nitrogen and oxygen atoms in total. The van der Waals surface area contributed by atoms with Crippen LogP contribution in [0.15, 0.2) is 66.1 Å². The molecule has 0 saturated carbocycles. The summed E-state index contributed by atoms with van der Waals surface area (Å²) in [5.74, 6) is -1.17. The van der Waals surface area contributed by atoms with E-state index in [1.165, 1.54) is 13.2 Å². The number of fused-ring (bicyclic) bond motifs is 4. The third-order valence-corrected chi connectivity index (χ3v) is 7.02. The zero-order chi connectivity index (χ0) is 29.6. The van der Waals surface area contributed by atoms with E-state index in [0.29, 0.717) is 17.7 Å². The van der Waals surface area contributed by atoms with Crippen molar-refractivity contribution in [3.05, 3.63) is 71.7 Å². The average Bonchev–Trinajstić information content (AvgIpc) is 2.84. The molecular formula is C31H42N2O7. The minimum atomic E-state index is -1.49. The Kier molecular flexibility index (Phi) is 10.2. The molecule has 0 spiro atoms. The van der Waals surface area contributed by atoms with Gasteiger partial charge in [-0.05, 0) is 50.1 Å². The number of carbonyl (C=O) groups excluding carboxylic acids is 2. The molecule has 0 radical (unpaired) electrons. The molecule has 5 unspecified atom stereocenters. The molecule has 3 rings (SSSR count). The molecule has 2 aliphatic heterocycles. The monoisotopic (exact) mass is 554 g/mol. The maximum absolute atomic E-state index is 13.1. The van der Waals surface area contributed by atoms with E-state index >= 15 is 0 Å². The molecule has 2 aliphatic rings. The topological polar surface area (TPSA) is 126 Å². The number of carbonyl (C=O) groups is 2. The van der Waals surface area contributed by atoms with Crippen LogP contribution in [-0.4, -0.2) is 53.2 Å². The number of phenols is 1. The number of amides is 1. The second kappa shape index (κ2) is 13.2. The van der Waals surface area contributed by atoms with E-state index in [1.807, 2.05) is 32.1 Å². The number of nitrogens with one attached hydrogen (secondary N) is 2. The lowest BCUT2D eigenvalue weighted by Gasteiger charge is -2.44. The van der Waals surface area contributed by atoms with Crippen molar-refractivity contribution in [2.24, 2.45) is 11.8 Å². The molecule has 0 aromatic heterocycles. The molecule has 40 heavy (non-hydrogen) atoms. The molecule has 1 aromatic carbocycles. The van der Waals surface area contributed by atoms with Crippen LogP contribution in [0.4, 0.5) is 5.69 Å². The Labute approximate surface area is 236 Å². The maximum Gasteiger partial charge on any atom is 0.308 e. The summed E-state index contributed by atoms with van der Waals surface area (Å²) < 4.78 is 17.3. The first-order valence-electron chi connectivity index (χ1n) is 13.5. The number of esters is 1. The molecule has 218 valence electrons. The van der Waals surface area contributed by atoms with Crippen LogP contribution in [0.3, 0.4) is 0 Å². The highest BCUT2D eigenvalue weighted by molar-refractivity contribution is 5.91. The van der Waals surface area contributed by atoms with Crippen LogP contribution in [0.5, 0.6) is 5.75 Å². The van der Waals surface area contributed by atoms with Gasteiger partial charge in [0.05, 0.1) is 12.3 Å². The fraction of sp³-hybridized carbons (Fsp3) is 0.484. The molecule has 0 aliphatic carbocycles. The van der Waals surface area contributed by atoms with Gasteiger partial charge in [-0.2, -0.15) is 0 Å². The largest absolute Gasteiger partial charge is 0.508 e. The van der Waals surface area contributed by atoms with Gasteiger partial charge in [0.1, 0.15) is 24.1 Å². The number of ether oxygens (including phenoxy) is 3. The lowest BCUT2D eigenvalue weighted by atomic mass is 9.88. The molecule has 4 bridgehead atoms. The summed E-state index contributed by atoms with van der Waals surface area (Å²) in [7, 11) is 1.52. The van der Waals surface area contributed by atoms with Crippen LogP contribution in [0.2, 0.25) is 0 Å². The normalized spacial score (nSPS) is 31.5. The van der Waals surface area contributed by atoms with Gasteiger partial charge in [0.25, 0.3) is 0 Å². The first-order valence-corrected chi connectivity index (χ1v) is 13.5. The highest BCUT2D eigenvalue weighted by atomic mass is 16.5. The van der Waals surface area contributed by atoms with Crippen LogP contribution < -0.4 is 10.6 Å². The van der Waals surface area contributed by atoms with Crippen molar-refractivity contribution in [1.29, 1.82) is 0 Å². The zero-order valence-electron chi connectivity index (χ0n) is 24.2. The van der Waals surface area contributed by atoms with E-state index < -0.39 is 30.0 Å².